The predicted octanol–water partition coefficient (Wildman–Crippen LogP) is 2.34. The molecule has 130 valence electrons. The van der Waals surface area contributed by atoms with Gasteiger partial charge in [0.2, 0.25) is 5.91 Å². The number of aromatic nitrogens is 2. The predicted molar refractivity (Wildman–Crippen MR) is 93.7 cm³/mol. The number of hydrogen-bond donors (Lipinski definition) is 2. The summed E-state index contributed by atoms with van der Waals surface area (Å²) in [4.78, 5) is 33.9. The molecule has 0 saturated carbocycles. The van der Waals surface area contributed by atoms with E-state index in [2.05, 4.69) is 15.3 Å². The Hall–Kier alpha value is -2.96. The highest BCUT2D eigenvalue weighted by Crippen LogP contribution is 2.23. The fraction of sp³-hybridized carbons (Fsp3) is 0.333. The van der Waals surface area contributed by atoms with Gasteiger partial charge < -0.3 is 15.3 Å². The van der Waals surface area contributed by atoms with E-state index in [4.69, 9.17) is 5.11 Å². The van der Waals surface area contributed by atoms with E-state index in [9.17, 15) is 9.59 Å². The first-order valence-corrected chi connectivity index (χ1v) is 8.22. The highest BCUT2D eigenvalue weighted by atomic mass is 16.4. The number of carboxylic acids is 1. The quantitative estimate of drug-likeness (QED) is 0.887. The maximum atomic E-state index is 12.5. The molecule has 2 aromatic rings. The first-order valence-electron chi connectivity index (χ1n) is 8.22. The van der Waals surface area contributed by atoms with Crippen molar-refractivity contribution in [1.29, 1.82) is 0 Å². The normalized spacial score (nSPS) is 17.2. The van der Waals surface area contributed by atoms with E-state index in [1.807, 2.05) is 17.9 Å². The molecular formula is C18H20N4O3. The third-order valence-electron chi connectivity index (χ3n) is 4.23. The molecule has 0 spiro atoms. The van der Waals surface area contributed by atoms with Crippen LogP contribution in [0.5, 0.6) is 0 Å². The number of piperidine rings is 1. The van der Waals surface area contributed by atoms with Crippen molar-refractivity contribution in [3.8, 4) is 0 Å². The summed E-state index contributed by atoms with van der Waals surface area (Å²) in [5, 5.41) is 11.9. The van der Waals surface area contributed by atoms with Crippen molar-refractivity contribution in [2.45, 2.75) is 19.8 Å². The minimum atomic E-state index is -1.06. The summed E-state index contributed by atoms with van der Waals surface area (Å²) in [5.41, 5.74) is 1.04. The molecule has 2 N–H and O–H groups in total. The lowest BCUT2D eigenvalue weighted by Gasteiger charge is -2.32. The number of carboxylic acid groups (broad SMARTS) is 1. The van der Waals surface area contributed by atoms with Crippen LogP contribution < -0.4 is 10.2 Å². The minimum Gasteiger partial charge on any atom is -0.477 e. The molecule has 1 fully saturated rings. The van der Waals surface area contributed by atoms with Crippen molar-refractivity contribution in [2.75, 3.05) is 23.3 Å². The van der Waals surface area contributed by atoms with Gasteiger partial charge in [-0.05, 0) is 43.5 Å². The maximum Gasteiger partial charge on any atom is 0.354 e. The second-order valence-corrected chi connectivity index (χ2v) is 6.18. The summed E-state index contributed by atoms with van der Waals surface area (Å²) >= 11 is 0. The van der Waals surface area contributed by atoms with E-state index >= 15 is 0 Å². The highest BCUT2D eigenvalue weighted by molar-refractivity contribution is 5.92. The molecule has 7 heteroatoms. The molecule has 0 aliphatic carbocycles. The van der Waals surface area contributed by atoms with Gasteiger partial charge in [-0.25, -0.2) is 14.8 Å². The molecular weight excluding hydrogens is 320 g/mol. The number of hydrogen-bond acceptors (Lipinski definition) is 5. The van der Waals surface area contributed by atoms with Crippen LogP contribution in [0.15, 0.2) is 36.5 Å². The largest absolute Gasteiger partial charge is 0.477 e. The number of nitrogens with zero attached hydrogens (tertiary/aromatic N) is 3. The molecule has 0 aromatic carbocycles. The Balaban J connectivity index is 1.68. The van der Waals surface area contributed by atoms with Gasteiger partial charge in [0.1, 0.15) is 11.6 Å². The van der Waals surface area contributed by atoms with Crippen LogP contribution in [-0.4, -0.2) is 40.0 Å². The van der Waals surface area contributed by atoms with Gasteiger partial charge in [0.15, 0.2) is 5.69 Å². The summed E-state index contributed by atoms with van der Waals surface area (Å²) in [6.07, 6.45) is 3.34. The van der Waals surface area contributed by atoms with Crippen LogP contribution in [0.4, 0.5) is 11.6 Å². The minimum absolute atomic E-state index is 0.00734. The molecule has 1 unspecified atom stereocenters. The lowest BCUT2D eigenvalue weighted by atomic mass is 9.97. The van der Waals surface area contributed by atoms with Gasteiger partial charge in [-0.3, -0.25) is 4.79 Å². The van der Waals surface area contributed by atoms with Crippen LogP contribution in [0.1, 0.15) is 28.9 Å². The first-order chi connectivity index (χ1) is 12.0. The molecule has 3 heterocycles. The summed E-state index contributed by atoms with van der Waals surface area (Å²) in [7, 11) is 0. The van der Waals surface area contributed by atoms with Gasteiger partial charge in [0, 0.05) is 19.3 Å². The molecule has 25 heavy (non-hydrogen) atoms. The summed E-state index contributed by atoms with van der Waals surface area (Å²) in [6.45, 7) is 3.20. The SMILES string of the molecule is Cc1ccc(NC(=O)C2CCCN(c3cccc(C(=O)O)n3)C2)nc1. The van der Waals surface area contributed by atoms with E-state index in [0.717, 1.165) is 24.9 Å². The number of nitrogens with one attached hydrogen (secondary N) is 1. The fourth-order valence-electron chi connectivity index (χ4n) is 2.89. The Bertz CT molecular complexity index is 776. The maximum absolute atomic E-state index is 12.5. The number of anilines is 2. The van der Waals surface area contributed by atoms with Crippen molar-refractivity contribution in [2.24, 2.45) is 5.92 Å². The zero-order valence-electron chi connectivity index (χ0n) is 14.0. The van der Waals surface area contributed by atoms with Crippen molar-refractivity contribution in [3.05, 3.63) is 47.8 Å². The number of carbonyl (C=O) groups excluding carboxylic acids is 1. The average Bonchev–Trinajstić information content (AvgIpc) is 2.64. The van der Waals surface area contributed by atoms with Crippen LogP contribution in [0.3, 0.4) is 0 Å². The van der Waals surface area contributed by atoms with Crippen LogP contribution in [0.2, 0.25) is 0 Å². The van der Waals surface area contributed by atoms with Crippen LogP contribution in [0, 0.1) is 12.8 Å². The van der Waals surface area contributed by atoms with Gasteiger partial charge in [-0.15, -0.1) is 0 Å². The molecule has 7 nitrogen and oxygen atoms in total. The molecule has 1 amide bonds. The van der Waals surface area contributed by atoms with Crippen LogP contribution >= 0.6 is 0 Å². The van der Waals surface area contributed by atoms with E-state index in [1.54, 1.807) is 24.4 Å². The molecule has 3 rings (SSSR count). The van der Waals surface area contributed by atoms with E-state index < -0.39 is 5.97 Å². The van der Waals surface area contributed by atoms with Gasteiger partial charge in [-0.1, -0.05) is 12.1 Å². The third kappa shape index (κ3) is 4.12. The first kappa shape index (κ1) is 16.9. The topological polar surface area (TPSA) is 95.4 Å². The number of rotatable bonds is 4. The molecule has 2 aromatic heterocycles. The summed E-state index contributed by atoms with van der Waals surface area (Å²) in [6, 6.07) is 8.59. The molecule has 1 aliphatic heterocycles. The Morgan fingerprint density at radius 1 is 1.28 bits per heavy atom. The summed E-state index contributed by atoms with van der Waals surface area (Å²) < 4.78 is 0. The standard InChI is InChI=1S/C18H20N4O3/c1-12-7-8-15(19-10-12)21-17(23)13-4-3-9-22(11-13)16-6-2-5-14(20-16)18(24)25/h2,5-8,10,13H,3-4,9,11H2,1H3,(H,24,25)(H,19,21,23). The van der Waals surface area contributed by atoms with E-state index in [-0.39, 0.29) is 17.5 Å². The molecule has 1 saturated heterocycles. The zero-order valence-corrected chi connectivity index (χ0v) is 14.0. The number of aryl methyl sites for hydroxylation is 1. The Kier molecular flexibility index (Phi) is 4.92. The lowest BCUT2D eigenvalue weighted by molar-refractivity contribution is -0.120. The average molecular weight is 340 g/mol. The van der Waals surface area contributed by atoms with Crippen molar-refractivity contribution < 1.29 is 14.7 Å². The van der Waals surface area contributed by atoms with Crippen LogP contribution in [-0.2, 0) is 4.79 Å². The second kappa shape index (κ2) is 7.29. The number of pyridine rings is 2. The van der Waals surface area contributed by atoms with E-state index in [0.29, 0.717) is 18.2 Å². The van der Waals surface area contributed by atoms with Gasteiger partial charge in [0.05, 0.1) is 5.92 Å². The highest BCUT2D eigenvalue weighted by Gasteiger charge is 2.27. The van der Waals surface area contributed by atoms with Crippen molar-refractivity contribution in [1.82, 2.24) is 9.97 Å². The second-order valence-electron chi connectivity index (χ2n) is 6.18. The monoisotopic (exact) mass is 340 g/mol. The summed E-state index contributed by atoms with van der Waals surface area (Å²) in [5.74, 6) is -0.189. The van der Waals surface area contributed by atoms with Crippen LogP contribution in [0.25, 0.3) is 0 Å². The van der Waals surface area contributed by atoms with Gasteiger partial charge in [-0.2, -0.15) is 0 Å². The lowest BCUT2D eigenvalue weighted by Crippen LogP contribution is -2.41. The molecule has 1 aliphatic rings. The van der Waals surface area contributed by atoms with Crippen molar-refractivity contribution in [3.63, 3.8) is 0 Å². The Morgan fingerprint density at radius 3 is 2.84 bits per heavy atom. The van der Waals surface area contributed by atoms with Crippen molar-refractivity contribution >= 4 is 23.5 Å². The molecule has 0 bridgehead atoms. The smallest absolute Gasteiger partial charge is 0.354 e. The number of carbonyl (C=O) groups is 2. The Labute approximate surface area is 145 Å². The number of aromatic carboxylic acids is 1. The fourth-order valence-corrected chi connectivity index (χ4v) is 2.89. The number of amides is 1. The van der Waals surface area contributed by atoms with Gasteiger partial charge in [0.25, 0.3) is 0 Å². The molecule has 0 radical (unpaired) electrons. The van der Waals surface area contributed by atoms with E-state index in [1.165, 1.54) is 6.07 Å². The third-order valence-corrected chi connectivity index (χ3v) is 4.23. The zero-order chi connectivity index (χ0) is 17.8. The van der Waals surface area contributed by atoms with Gasteiger partial charge >= 0.3 is 5.97 Å². The Morgan fingerprint density at radius 2 is 2.12 bits per heavy atom. The molecule has 1 atom stereocenters.